The molecule has 1 aromatic carbocycles. The molecule has 0 bridgehead atoms. The third-order valence-electron chi connectivity index (χ3n) is 4.35. The van der Waals surface area contributed by atoms with Gasteiger partial charge in [0.15, 0.2) is 0 Å². The summed E-state index contributed by atoms with van der Waals surface area (Å²) in [6.45, 7) is 8.21. The summed E-state index contributed by atoms with van der Waals surface area (Å²) in [5, 5.41) is 2.95. The molecule has 2 rings (SSSR count). The minimum atomic E-state index is -0.389. The van der Waals surface area contributed by atoms with Crippen LogP contribution in [0, 0.1) is 0 Å². The Morgan fingerprint density at radius 2 is 1.91 bits per heavy atom. The highest BCUT2D eigenvalue weighted by Gasteiger charge is 2.12. The van der Waals surface area contributed by atoms with Crippen LogP contribution in [0.3, 0.4) is 0 Å². The van der Waals surface area contributed by atoms with Crippen molar-refractivity contribution in [2.75, 3.05) is 19.7 Å². The minimum Gasteiger partial charge on any atom is -0.369 e. The highest BCUT2D eigenvalue weighted by Crippen LogP contribution is 2.14. The summed E-state index contributed by atoms with van der Waals surface area (Å²) in [6.07, 6.45) is 4.96. The molecule has 0 spiro atoms. The zero-order valence-electron chi connectivity index (χ0n) is 14.5. The van der Waals surface area contributed by atoms with Crippen LogP contribution in [0.4, 0.5) is 0 Å². The second kappa shape index (κ2) is 9.68. The minimum absolute atomic E-state index is 0.0511. The molecule has 0 saturated carbocycles. The fourth-order valence-corrected chi connectivity index (χ4v) is 3.05. The van der Waals surface area contributed by atoms with E-state index >= 15 is 0 Å². The summed E-state index contributed by atoms with van der Waals surface area (Å²) in [7, 11) is 0. The average molecular weight is 318 g/mol. The Balaban J connectivity index is 1.85. The summed E-state index contributed by atoms with van der Waals surface area (Å²) in [4.78, 5) is 14.4. The molecule has 0 radical (unpaired) electrons. The molecule has 1 heterocycles. The van der Waals surface area contributed by atoms with E-state index in [1.165, 1.54) is 44.3 Å². The van der Waals surface area contributed by atoms with Crippen molar-refractivity contribution >= 4 is 5.91 Å². The van der Waals surface area contributed by atoms with Crippen molar-refractivity contribution in [3.05, 3.63) is 35.4 Å². The number of hydrogen-bond donors (Lipinski definition) is 1. The van der Waals surface area contributed by atoms with Crippen LogP contribution >= 0.6 is 0 Å². The zero-order chi connectivity index (χ0) is 16.5. The largest absolute Gasteiger partial charge is 0.369 e. The van der Waals surface area contributed by atoms with Crippen molar-refractivity contribution in [3.63, 3.8) is 0 Å². The van der Waals surface area contributed by atoms with Gasteiger partial charge in [0.05, 0.1) is 0 Å². The molecule has 1 saturated heterocycles. The van der Waals surface area contributed by atoms with Gasteiger partial charge in [0.2, 0.25) is 5.91 Å². The molecule has 1 amide bonds. The summed E-state index contributed by atoms with van der Waals surface area (Å²) in [5.74, 6) is -0.0511. The van der Waals surface area contributed by atoms with Crippen molar-refractivity contribution in [1.82, 2.24) is 10.2 Å². The first-order valence-electron chi connectivity index (χ1n) is 8.88. The number of hydrogen-bond acceptors (Lipinski definition) is 3. The van der Waals surface area contributed by atoms with Gasteiger partial charge in [-0.15, -0.1) is 0 Å². The third-order valence-corrected chi connectivity index (χ3v) is 4.35. The predicted octanol–water partition coefficient (Wildman–Crippen LogP) is 3.10. The summed E-state index contributed by atoms with van der Waals surface area (Å²) < 4.78 is 5.31. The lowest BCUT2D eigenvalue weighted by atomic mass is 10.1. The number of carbonyl (C=O) groups excluding carboxylic acids is 1. The predicted molar refractivity (Wildman–Crippen MR) is 93.1 cm³/mol. The molecule has 4 nitrogen and oxygen atoms in total. The number of likely N-dealkylation sites (tertiary alicyclic amines) is 1. The van der Waals surface area contributed by atoms with E-state index < -0.39 is 0 Å². The molecule has 1 N–H and O–H groups in total. The van der Waals surface area contributed by atoms with Crippen molar-refractivity contribution in [2.24, 2.45) is 0 Å². The first kappa shape index (κ1) is 18.0. The van der Waals surface area contributed by atoms with Crippen LogP contribution in [-0.4, -0.2) is 36.6 Å². The van der Waals surface area contributed by atoms with Crippen molar-refractivity contribution in [2.45, 2.75) is 58.7 Å². The van der Waals surface area contributed by atoms with Gasteiger partial charge in [-0.3, -0.25) is 9.69 Å². The van der Waals surface area contributed by atoms with Crippen molar-refractivity contribution in [3.8, 4) is 0 Å². The highest BCUT2D eigenvalue weighted by molar-refractivity contribution is 5.80. The van der Waals surface area contributed by atoms with Gasteiger partial charge in [0, 0.05) is 19.7 Å². The Kier molecular flexibility index (Phi) is 7.56. The van der Waals surface area contributed by atoms with Crippen LogP contribution in [0.5, 0.6) is 0 Å². The fourth-order valence-electron chi connectivity index (χ4n) is 3.05. The van der Waals surface area contributed by atoms with Gasteiger partial charge >= 0.3 is 0 Å². The van der Waals surface area contributed by atoms with Gasteiger partial charge in [-0.05, 0) is 50.9 Å². The summed E-state index contributed by atoms with van der Waals surface area (Å²) in [6, 6.07) is 8.54. The number of nitrogens with one attached hydrogen (secondary N) is 1. The molecule has 0 aromatic heterocycles. The second-order valence-electron chi connectivity index (χ2n) is 6.33. The van der Waals surface area contributed by atoms with Gasteiger partial charge in [0.1, 0.15) is 6.10 Å². The molecule has 23 heavy (non-hydrogen) atoms. The van der Waals surface area contributed by atoms with Crippen LogP contribution in [0.25, 0.3) is 0 Å². The number of carbonyl (C=O) groups is 1. The Morgan fingerprint density at radius 3 is 2.61 bits per heavy atom. The van der Waals surface area contributed by atoms with E-state index in [1.54, 1.807) is 6.92 Å². The van der Waals surface area contributed by atoms with E-state index in [4.69, 9.17) is 4.74 Å². The van der Waals surface area contributed by atoms with Gasteiger partial charge in [-0.25, -0.2) is 0 Å². The lowest BCUT2D eigenvalue weighted by Gasteiger charge is -2.20. The topological polar surface area (TPSA) is 41.6 Å². The molecule has 1 aliphatic rings. The maximum absolute atomic E-state index is 11.9. The lowest BCUT2D eigenvalue weighted by Crippen LogP contribution is -2.34. The van der Waals surface area contributed by atoms with Crippen LogP contribution in [0.2, 0.25) is 0 Å². The van der Waals surface area contributed by atoms with Crippen LogP contribution < -0.4 is 5.32 Å². The van der Waals surface area contributed by atoms with E-state index in [1.807, 2.05) is 6.92 Å². The monoisotopic (exact) mass is 318 g/mol. The number of ether oxygens (including phenoxy) is 1. The number of benzene rings is 1. The smallest absolute Gasteiger partial charge is 0.249 e. The molecule has 128 valence electrons. The first-order chi connectivity index (χ1) is 11.2. The third kappa shape index (κ3) is 6.32. The molecule has 1 aromatic rings. The van der Waals surface area contributed by atoms with E-state index in [0.29, 0.717) is 13.2 Å². The van der Waals surface area contributed by atoms with Gasteiger partial charge in [0.25, 0.3) is 0 Å². The Hall–Kier alpha value is -1.39. The Morgan fingerprint density at radius 1 is 1.22 bits per heavy atom. The van der Waals surface area contributed by atoms with E-state index in [2.05, 4.69) is 34.5 Å². The molecule has 1 atom stereocenters. The molecule has 1 fully saturated rings. The molecule has 0 aliphatic carbocycles. The van der Waals surface area contributed by atoms with Crippen LogP contribution in [0.15, 0.2) is 24.3 Å². The molecule has 1 aliphatic heterocycles. The molecular formula is C19H30N2O2. The lowest BCUT2D eigenvalue weighted by molar-refractivity contribution is -0.131. The van der Waals surface area contributed by atoms with E-state index in [0.717, 1.165) is 12.1 Å². The SMILES string of the molecule is CCO[C@@H](C)C(=O)NCc1cccc(CN2CCCCCC2)c1. The van der Waals surface area contributed by atoms with E-state index in [-0.39, 0.29) is 12.0 Å². The number of nitrogens with zero attached hydrogens (tertiary/aromatic N) is 1. The Bertz CT molecular complexity index is 482. The molecule has 4 heteroatoms. The second-order valence-corrected chi connectivity index (χ2v) is 6.33. The van der Waals surface area contributed by atoms with Gasteiger partial charge in [-0.2, -0.15) is 0 Å². The number of amides is 1. The van der Waals surface area contributed by atoms with Gasteiger partial charge < -0.3 is 10.1 Å². The maximum Gasteiger partial charge on any atom is 0.249 e. The molecule has 0 unspecified atom stereocenters. The van der Waals surface area contributed by atoms with Crippen LogP contribution in [0.1, 0.15) is 50.7 Å². The first-order valence-corrected chi connectivity index (χ1v) is 8.88. The summed E-state index contributed by atoms with van der Waals surface area (Å²) in [5.41, 5.74) is 2.48. The summed E-state index contributed by atoms with van der Waals surface area (Å²) >= 11 is 0. The molecular weight excluding hydrogens is 288 g/mol. The van der Waals surface area contributed by atoms with E-state index in [9.17, 15) is 4.79 Å². The fraction of sp³-hybridized carbons (Fsp3) is 0.632. The van der Waals surface area contributed by atoms with Crippen molar-refractivity contribution < 1.29 is 9.53 Å². The maximum atomic E-state index is 11.9. The van der Waals surface area contributed by atoms with Crippen LogP contribution in [-0.2, 0) is 22.6 Å². The quantitative estimate of drug-likeness (QED) is 0.840. The normalized spacial score (nSPS) is 17.5. The zero-order valence-corrected chi connectivity index (χ0v) is 14.5. The number of rotatable bonds is 7. The standard InChI is InChI=1S/C19H30N2O2/c1-3-23-16(2)19(22)20-14-17-9-8-10-18(13-17)15-21-11-6-4-5-7-12-21/h8-10,13,16H,3-7,11-12,14-15H2,1-2H3,(H,20,22)/t16-/m0/s1. The van der Waals surface area contributed by atoms with Gasteiger partial charge in [-0.1, -0.05) is 37.1 Å². The Labute approximate surface area is 140 Å². The highest BCUT2D eigenvalue weighted by atomic mass is 16.5. The average Bonchev–Trinajstić information content (AvgIpc) is 2.82. The van der Waals surface area contributed by atoms with Crippen molar-refractivity contribution in [1.29, 1.82) is 0 Å².